The third-order valence-electron chi connectivity index (χ3n) is 3.51. The van der Waals surface area contributed by atoms with E-state index in [1.165, 1.54) is 6.07 Å². The minimum Gasteiger partial charge on any atom is -0.317 e. The van der Waals surface area contributed by atoms with Crippen molar-refractivity contribution in [3.63, 3.8) is 0 Å². The van der Waals surface area contributed by atoms with Crippen LogP contribution < -0.4 is 5.32 Å². The first-order valence-electron chi connectivity index (χ1n) is 6.53. The van der Waals surface area contributed by atoms with Crippen molar-refractivity contribution in [2.24, 2.45) is 0 Å². The Labute approximate surface area is 127 Å². The fourth-order valence-electron chi connectivity index (χ4n) is 2.43. The number of alkyl halides is 3. The summed E-state index contributed by atoms with van der Waals surface area (Å²) < 4.78 is 37.6. The van der Waals surface area contributed by atoms with Gasteiger partial charge < -0.3 is 5.32 Å². The lowest BCUT2D eigenvalue weighted by Crippen LogP contribution is -2.31. The lowest BCUT2D eigenvalue weighted by atomic mass is 10.1. The van der Waals surface area contributed by atoms with Crippen molar-refractivity contribution in [2.75, 3.05) is 20.1 Å². The zero-order valence-corrected chi connectivity index (χ0v) is 13.0. The van der Waals surface area contributed by atoms with Crippen LogP contribution in [-0.4, -0.2) is 31.1 Å². The molecule has 7 heteroatoms. The summed E-state index contributed by atoms with van der Waals surface area (Å²) in [4.78, 5) is 2.46. The zero-order valence-electron chi connectivity index (χ0n) is 11.4. The van der Waals surface area contributed by atoms with E-state index in [-0.39, 0.29) is 12.4 Å². The summed E-state index contributed by atoms with van der Waals surface area (Å²) in [5.74, 6) is 0. The van der Waals surface area contributed by atoms with E-state index in [9.17, 15) is 13.2 Å². The Bertz CT molecular complexity index is 401. The molecular weight excluding hydrogens is 309 g/mol. The average Bonchev–Trinajstić information content (AvgIpc) is 2.63. The van der Waals surface area contributed by atoms with E-state index in [1.807, 2.05) is 7.05 Å². The summed E-state index contributed by atoms with van der Waals surface area (Å²) in [6.45, 7) is 2.64. The molecule has 1 aromatic rings. The van der Waals surface area contributed by atoms with Crippen LogP contribution in [0.1, 0.15) is 29.0 Å². The Hall–Kier alpha value is -0.300. The molecule has 116 valence electrons. The Balaban J connectivity index is 0.00000200. The van der Waals surface area contributed by atoms with Crippen molar-refractivity contribution in [1.82, 2.24) is 10.2 Å². The number of hydrogen-bond donors (Lipinski definition) is 1. The summed E-state index contributed by atoms with van der Waals surface area (Å²) in [5, 5.41) is 3.35. The second-order valence-electron chi connectivity index (χ2n) is 5.01. The third kappa shape index (κ3) is 4.91. The molecule has 0 amide bonds. The van der Waals surface area contributed by atoms with Crippen LogP contribution in [0.25, 0.3) is 0 Å². The Morgan fingerprint density at radius 2 is 2.05 bits per heavy atom. The first kappa shape index (κ1) is 17.8. The predicted octanol–water partition coefficient (Wildman–Crippen LogP) is 3.76. The van der Waals surface area contributed by atoms with Gasteiger partial charge in [-0.25, -0.2) is 0 Å². The van der Waals surface area contributed by atoms with Crippen LogP contribution in [0.3, 0.4) is 0 Å². The molecule has 2 rings (SSSR count). The molecule has 1 N–H and O–H groups in total. The number of rotatable bonds is 3. The molecule has 2 nitrogen and oxygen atoms in total. The van der Waals surface area contributed by atoms with Crippen molar-refractivity contribution < 1.29 is 13.2 Å². The van der Waals surface area contributed by atoms with E-state index < -0.39 is 11.1 Å². The van der Waals surface area contributed by atoms with Crippen LogP contribution in [0.15, 0.2) is 12.1 Å². The standard InChI is InChI=1S/C13H19F3N2S.ClH/c1-18(10-3-2-7-17-8-6-10)9-11-4-5-12(19-11)13(14,15)16;/h4-5,10,17H,2-3,6-9H2,1H3;1H. The van der Waals surface area contributed by atoms with Gasteiger partial charge in [-0.2, -0.15) is 13.2 Å². The van der Waals surface area contributed by atoms with Gasteiger partial charge in [0.1, 0.15) is 4.88 Å². The summed E-state index contributed by atoms with van der Waals surface area (Å²) in [7, 11) is 2.00. The molecule has 1 aliphatic rings. The highest BCUT2D eigenvalue weighted by Crippen LogP contribution is 2.35. The number of nitrogens with zero attached hydrogens (tertiary/aromatic N) is 1. The highest BCUT2D eigenvalue weighted by atomic mass is 35.5. The molecule has 0 bridgehead atoms. The van der Waals surface area contributed by atoms with Crippen molar-refractivity contribution in [3.8, 4) is 0 Å². The zero-order chi connectivity index (χ0) is 13.9. The Kier molecular flexibility index (Phi) is 6.78. The van der Waals surface area contributed by atoms with Gasteiger partial charge in [0, 0.05) is 17.5 Å². The van der Waals surface area contributed by atoms with Gasteiger partial charge in [-0.1, -0.05) is 0 Å². The number of nitrogens with one attached hydrogen (secondary N) is 1. The largest absolute Gasteiger partial charge is 0.425 e. The molecule has 20 heavy (non-hydrogen) atoms. The van der Waals surface area contributed by atoms with Gasteiger partial charge in [0.25, 0.3) is 0 Å². The quantitative estimate of drug-likeness (QED) is 0.908. The van der Waals surface area contributed by atoms with Crippen LogP contribution in [0, 0.1) is 0 Å². The predicted molar refractivity (Wildman–Crippen MR) is 78.5 cm³/mol. The van der Waals surface area contributed by atoms with Gasteiger partial charge in [0.2, 0.25) is 0 Å². The van der Waals surface area contributed by atoms with E-state index in [0.717, 1.165) is 48.6 Å². The van der Waals surface area contributed by atoms with Crippen molar-refractivity contribution >= 4 is 23.7 Å². The van der Waals surface area contributed by atoms with Crippen molar-refractivity contribution in [3.05, 3.63) is 21.9 Å². The first-order valence-corrected chi connectivity index (χ1v) is 7.35. The van der Waals surface area contributed by atoms with Crippen LogP contribution in [0.2, 0.25) is 0 Å². The molecule has 1 aromatic heterocycles. The molecular formula is C13H20ClF3N2S. The lowest BCUT2D eigenvalue weighted by Gasteiger charge is -2.26. The molecule has 2 heterocycles. The lowest BCUT2D eigenvalue weighted by molar-refractivity contribution is -0.134. The number of halogens is 4. The van der Waals surface area contributed by atoms with Gasteiger partial charge in [-0.3, -0.25) is 4.90 Å². The van der Waals surface area contributed by atoms with E-state index in [1.54, 1.807) is 6.07 Å². The summed E-state index contributed by atoms with van der Waals surface area (Å²) in [6, 6.07) is 3.24. The minimum atomic E-state index is -4.21. The molecule has 0 aliphatic carbocycles. The van der Waals surface area contributed by atoms with E-state index in [2.05, 4.69) is 10.2 Å². The van der Waals surface area contributed by atoms with Gasteiger partial charge in [-0.15, -0.1) is 23.7 Å². The molecule has 0 aromatic carbocycles. The van der Waals surface area contributed by atoms with Gasteiger partial charge >= 0.3 is 6.18 Å². The molecule has 0 saturated carbocycles. The van der Waals surface area contributed by atoms with E-state index in [4.69, 9.17) is 0 Å². The SMILES string of the molecule is CN(Cc1ccc(C(F)(F)F)s1)C1CCCNCC1.Cl. The minimum absolute atomic E-state index is 0. The van der Waals surface area contributed by atoms with Crippen LogP contribution >= 0.6 is 23.7 Å². The molecule has 1 saturated heterocycles. The highest BCUT2D eigenvalue weighted by Gasteiger charge is 2.32. The fraction of sp³-hybridized carbons (Fsp3) is 0.692. The maximum atomic E-state index is 12.5. The number of thiophene rings is 1. The fourth-order valence-corrected chi connectivity index (χ4v) is 3.37. The molecule has 0 radical (unpaired) electrons. The van der Waals surface area contributed by atoms with Crippen molar-refractivity contribution in [2.45, 2.75) is 38.0 Å². The second-order valence-corrected chi connectivity index (χ2v) is 6.18. The van der Waals surface area contributed by atoms with Gasteiger partial charge in [0.15, 0.2) is 0 Å². The summed E-state index contributed by atoms with van der Waals surface area (Å²) >= 11 is 0.855. The number of hydrogen-bond acceptors (Lipinski definition) is 3. The van der Waals surface area contributed by atoms with E-state index >= 15 is 0 Å². The van der Waals surface area contributed by atoms with Crippen LogP contribution in [0.5, 0.6) is 0 Å². The maximum absolute atomic E-state index is 12.5. The molecule has 1 atom stereocenters. The molecule has 1 aliphatic heterocycles. The van der Waals surface area contributed by atoms with Gasteiger partial charge in [-0.05, 0) is 51.5 Å². The smallest absolute Gasteiger partial charge is 0.317 e. The monoisotopic (exact) mass is 328 g/mol. The molecule has 0 spiro atoms. The summed E-state index contributed by atoms with van der Waals surface area (Å²) in [6.07, 6.45) is -0.907. The topological polar surface area (TPSA) is 15.3 Å². The maximum Gasteiger partial charge on any atom is 0.425 e. The molecule has 1 unspecified atom stereocenters. The van der Waals surface area contributed by atoms with Crippen LogP contribution in [0.4, 0.5) is 13.2 Å². The molecule has 1 fully saturated rings. The summed E-state index contributed by atoms with van der Waals surface area (Å²) in [5.41, 5.74) is 0. The Morgan fingerprint density at radius 3 is 2.70 bits per heavy atom. The highest BCUT2D eigenvalue weighted by molar-refractivity contribution is 7.12. The first-order chi connectivity index (χ1) is 8.97. The second kappa shape index (κ2) is 7.64. The van der Waals surface area contributed by atoms with E-state index in [0.29, 0.717) is 12.6 Å². The van der Waals surface area contributed by atoms with Gasteiger partial charge in [0.05, 0.1) is 0 Å². The third-order valence-corrected chi connectivity index (χ3v) is 4.63. The Morgan fingerprint density at radius 1 is 1.30 bits per heavy atom. The average molecular weight is 329 g/mol. The normalized spacial score (nSPS) is 20.6. The van der Waals surface area contributed by atoms with Crippen LogP contribution in [-0.2, 0) is 12.7 Å². The van der Waals surface area contributed by atoms with Crippen molar-refractivity contribution in [1.29, 1.82) is 0 Å².